The number of nitriles is 2. The molecule has 0 amide bonds. The van der Waals surface area contributed by atoms with Crippen molar-refractivity contribution < 1.29 is 129 Å². The third-order valence-electron chi connectivity index (χ3n) is 10.4. The van der Waals surface area contributed by atoms with Crippen LogP contribution in [0.1, 0.15) is 66.0 Å². The Balaban J connectivity index is 0.000000356. The van der Waals surface area contributed by atoms with Gasteiger partial charge in [-0.05, 0) is 71.5 Å². The van der Waals surface area contributed by atoms with E-state index in [0.29, 0.717) is 11.5 Å². The number of alkyl halides is 1. The van der Waals surface area contributed by atoms with E-state index >= 15 is 0 Å². The molecule has 67 heavy (non-hydrogen) atoms. The van der Waals surface area contributed by atoms with Gasteiger partial charge in [-0.3, -0.25) is 9.69 Å². The standard InChI is InChI=1S/C23H28N6O.C13H15BrN4.C10H14N2O.CH2O3.2K.H/c1-23(2,3)16-29-19(12-17-14-25-21(13-24)26-22(17)29)15-27-8-10-28(11-9-27)18-4-6-20(30)7-5-18;1-13(2,3)8-18-10(5-14)4-9-7-16-11(6-15)17-12(9)18;13-10-3-1-9(2-4-10)12-7-5-11-6-8-12;2-1-4-3;;;/h4-7,12,14,30H,8-11,15-16H2,1-3H3;4,7H,5,8H2,1-3H3;1-4,11,13H,5-8H2;1,3H;;;/q;;;;2*+1;-1/p-1. The summed E-state index contributed by atoms with van der Waals surface area (Å²) < 4.78 is 4.41. The monoisotopic (exact) mass is 1030 g/mol. The molecule has 0 radical (unpaired) electrons. The fourth-order valence-corrected chi connectivity index (χ4v) is 7.95. The topological polar surface area (TPSA) is 221 Å². The van der Waals surface area contributed by atoms with Crippen LogP contribution in [0, 0.1) is 33.5 Å². The summed E-state index contributed by atoms with van der Waals surface area (Å²) >= 11 is 3.50. The van der Waals surface area contributed by atoms with Crippen LogP contribution >= 0.6 is 15.9 Å². The van der Waals surface area contributed by atoms with Crippen molar-refractivity contribution in [2.45, 2.75) is 66.5 Å². The number of hydrogen-bond donors (Lipinski definition) is 3. The number of phenolic OH excluding ortho intramolecular Hbond substituents is 2. The molecule has 0 saturated carbocycles. The number of fused-ring (bicyclic) bond motifs is 2. The third-order valence-corrected chi connectivity index (χ3v) is 11.0. The molecule has 0 unspecified atom stereocenters. The molecule has 346 valence electrons. The predicted molar refractivity (Wildman–Crippen MR) is 253 cm³/mol. The van der Waals surface area contributed by atoms with E-state index in [2.05, 4.69) is 130 Å². The molecule has 0 bridgehead atoms. The van der Waals surface area contributed by atoms with E-state index < -0.39 is 0 Å². The van der Waals surface area contributed by atoms with Crippen molar-refractivity contribution in [2.24, 2.45) is 10.8 Å². The van der Waals surface area contributed by atoms with Crippen LogP contribution in [0.5, 0.6) is 11.5 Å². The van der Waals surface area contributed by atoms with Crippen LogP contribution in [0.25, 0.3) is 22.1 Å². The molecular weight excluding hydrogens is 971 g/mol. The second-order valence-corrected chi connectivity index (χ2v) is 18.7. The fraction of sp³-hybridized carbons (Fsp3) is 0.426. The summed E-state index contributed by atoms with van der Waals surface area (Å²) in [5.74, 6) is 1.06. The van der Waals surface area contributed by atoms with Gasteiger partial charge in [0, 0.05) is 123 Å². The summed E-state index contributed by atoms with van der Waals surface area (Å²) in [5.41, 5.74) is 6.64. The minimum Gasteiger partial charge on any atom is -1.00 e. The zero-order chi connectivity index (χ0) is 47.1. The average Bonchev–Trinajstić information content (AvgIpc) is 3.81. The van der Waals surface area contributed by atoms with Crippen LogP contribution in [0.2, 0.25) is 0 Å². The molecule has 2 aliphatic heterocycles. The summed E-state index contributed by atoms with van der Waals surface area (Å²) in [6.07, 6.45) is 3.47. The van der Waals surface area contributed by atoms with Gasteiger partial charge in [-0.2, -0.15) is 10.5 Å². The molecule has 0 atom stereocenters. The van der Waals surface area contributed by atoms with Gasteiger partial charge in [-0.15, -0.1) is 0 Å². The van der Waals surface area contributed by atoms with Crippen molar-refractivity contribution >= 4 is 55.8 Å². The number of anilines is 2. The Hall–Kier alpha value is -3.04. The van der Waals surface area contributed by atoms with Crippen molar-refractivity contribution in [3.8, 4) is 23.6 Å². The first kappa shape index (κ1) is 58.3. The normalized spacial score (nSPS) is 13.8. The molecule has 8 rings (SSSR count). The molecule has 2 saturated heterocycles. The Morgan fingerprint density at radius 3 is 1.52 bits per heavy atom. The van der Waals surface area contributed by atoms with Crippen LogP contribution in [0.15, 0.2) is 73.1 Å². The summed E-state index contributed by atoms with van der Waals surface area (Å²) in [6.45, 7) is 23.6. The number of piperazine rings is 2. The van der Waals surface area contributed by atoms with Gasteiger partial charge in [-0.1, -0.05) is 57.5 Å². The molecule has 3 N–H and O–H groups in total. The molecule has 20 heteroatoms. The molecule has 6 heterocycles. The largest absolute Gasteiger partial charge is 1.00 e. The molecule has 2 fully saturated rings. The molecule has 0 spiro atoms. The average molecular weight is 1030 g/mol. The minimum atomic E-state index is -0.181. The number of carbonyl (C=O) groups is 1. The molecule has 17 nitrogen and oxygen atoms in total. The van der Waals surface area contributed by atoms with Crippen molar-refractivity contribution in [3.05, 3.63) is 96.1 Å². The van der Waals surface area contributed by atoms with Gasteiger partial charge in [0.05, 0.1) is 0 Å². The molecule has 2 aliphatic rings. The number of benzene rings is 2. The molecule has 2 aromatic carbocycles. The number of nitrogens with zero attached hydrogens (tertiary/aromatic N) is 11. The first-order valence-corrected chi connectivity index (χ1v) is 22.5. The van der Waals surface area contributed by atoms with E-state index in [0.717, 1.165) is 111 Å². The zero-order valence-electron chi connectivity index (χ0n) is 40.9. The van der Waals surface area contributed by atoms with Crippen LogP contribution < -0.4 is 123 Å². The maximum absolute atomic E-state index is 9.50. The minimum absolute atomic E-state index is 0. The Bertz CT molecular complexity index is 2560. The van der Waals surface area contributed by atoms with Gasteiger partial charge < -0.3 is 46.0 Å². The summed E-state index contributed by atoms with van der Waals surface area (Å²) in [6, 6.07) is 23.1. The van der Waals surface area contributed by atoms with Gasteiger partial charge in [0.2, 0.25) is 11.6 Å². The van der Waals surface area contributed by atoms with Crippen molar-refractivity contribution in [1.29, 1.82) is 10.5 Å². The number of nitrogens with one attached hydrogen (secondary N) is 1. The van der Waals surface area contributed by atoms with Gasteiger partial charge in [0.1, 0.15) is 34.9 Å². The molecule has 4 aromatic heterocycles. The quantitative estimate of drug-likeness (QED) is 0.0600. The second-order valence-electron chi connectivity index (χ2n) is 18.1. The van der Waals surface area contributed by atoms with E-state index in [4.69, 9.17) is 20.4 Å². The fourth-order valence-electron chi connectivity index (χ4n) is 7.48. The number of aromatic nitrogens is 6. The number of carbonyl (C=O) groups excluding carboxylic acids is 1. The molecular formula is C47H59BrK2N12O5. The van der Waals surface area contributed by atoms with Crippen LogP contribution in [0.4, 0.5) is 11.4 Å². The van der Waals surface area contributed by atoms with Gasteiger partial charge in [0.15, 0.2) is 0 Å². The second kappa shape index (κ2) is 28.0. The van der Waals surface area contributed by atoms with E-state index in [1.54, 1.807) is 36.7 Å². The Morgan fingerprint density at radius 1 is 0.731 bits per heavy atom. The number of halogens is 1. The maximum atomic E-state index is 9.50. The van der Waals surface area contributed by atoms with E-state index in [-0.39, 0.29) is 133 Å². The van der Waals surface area contributed by atoms with E-state index in [1.807, 2.05) is 30.3 Å². The molecule has 0 aliphatic carbocycles. The van der Waals surface area contributed by atoms with Crippen molar-refractivity contribution in [3.63, 3.8) is 0 Å². The van der Waals surface area contributed by atoms with Crippen molar-refractivity contribution in [1.82, 2.24) is 39.3 Å². The first-order valence-electron chi connectivity index (χ1n) is 21.3. The van der Waals surface area contributed by atoms with Gasteiger partial charge in [-0.25, -0.2) is 19.9 Å². The Morgan fingerprint density at radius 2 is 1.13 bits per heavy atom. The van der Waals surface area contributed by atoms with Gasteiger partial charge in [0.25, 0.3) is 6.47 Å². The summed E-state index contributed by atoms with van der Waals surface area (Å²) in [4.78, 5) is 35.3. The Kier molecular flexibility index (Phi) is 24.3. The van der Waals surface area contributed by atoms with E-state index in [1.165, 1.54) is 11.4 Å². The number of phenols is 2. The van der Waals surface area contributed by atoms with E-state index in [9.17, 15) is 10.4 Å². The zero-order valence-corrected chi connectivity index (χ0v) is 47.7. The summed E-state index contributed by atoms with van der Waals surface area (Å²) in [5, 5.41) is 51.2. The van der Waals surface area contributed by atoms with Crippen LogP contribution in [-0.4, -0.2) is 103 Å². The number of hydrogen-bond acceptors (Lipinski definition) is 15. The van der Waals surface area contributed by atoms with Crippen LogP contribution in [0.3, 0.4) is 0 Å². The van der Waals surface area contributed by atoms with Gasteiger partial charge >= 0.3 is 103 Å². The molecule has 6 aromatic rings. The maximum Gasteiger partial charge on any atom is 1.00 e. The smallest absolute Gasteiger partial charge is 1.00 e. The predicted octanol–water partition coefficient (Wildman–Crippen LogP) is -0.0221. The number of rotatable bonds is 8. The summed E-state index contributed by atoms with van der Waals surface area (Å²) in [7, 11) is 0. The first-order chi connectivity index (χ1) is 31.0. The number of aromatic hydroxyl groups is 2. The third kappa shape index (κ3) is 18.0. The SMILES string of the molecule is CC(C)(C)Cn1c(CBr)cc2cnc(C#N)nc21.CC(C)(C)Cn1c(CN2CCN(c3ccc(O)cc3)CC2)cc2cnc(C#N)nc21.O=CO[O-].Oc1ccc(N2CCNCC2)cc1.[H-].[K+].[K+]. The van der Waals surface area contributed by atoms with Crippen molar-refractivity contribution in [2.75, 3.05) is 62.2 Å². The van der Waals surface area contributed by atoms with Crippen LogP contribution in [-0.2, 0) is 34.6 Å². The Labute approximate surface area is 487 Å².